The second-order valence-corrected chi connectivity index (χ2v) is 6.41. The molecule has 2 rings (SSSR count). The van der Waals surface area contributed by atoms with Crippen LogP contribution in [0.15, 0.2) is 42.5 Å². The number of hydrogen-bond donors (Lipinski definition) is 1. The largest absolute Gasteiger partial charge is 0.462 e. The van der Waals surface area contributed by atoms with E-state index < -0.39 is 5.97 Å². The summed E-state index contributed by atoms with van der Waals surface area (Å²) in [4.78, 5) is 24.9. The molecule has 0 aliphatic carbocycles. The van der Waals surface area contributed by atoms with Crippen molar-refractivity contribution in [2.75, 3.05) is 6.54 Å². The van der Waals surface area contributed by atoms with Crippen LogP contribution in [0.4, 0.5) is 4.39 Å². The number of ether oxygens (including phenoxy) is 1. The fourth-order valence-electron chi connectivity index (χ4n) is 1.89. The summed E-state index contributed by atoms with van der Waals surface area (Å²) in [5.74, 6) is -1.11. The number of hydrogen-bond acceptors (Lipinski definition) is 4. The van der Waals surface area contributed by atoms with Gasteiger partial charge < -0.3 is 10.1 Å². The summed E-state index contributed by atoms with van der Waals surface area (Å²) in [6.07, 6.45) is 2.82. The predicted octanol–water partition coefficient (Wildman–Crippen LogP) is 3.64. The lowest BCUT2D eigenvalue weighted by atomic mass is 10.2. The van der Waals surface area contributed by atoms with Gasteiger partial charge in [-0.15, -0.1) is 11.3 Å². The lowest BCUT2D eigenvalue weighted by molar-refractivity contribution is -0.147. The molecule has 0 saturated heterocycles. The number of esters is 1. The van der Waals surface area contributed by atoms with Crippen molar-refractivity contribution in [2.45, 2.75) is 20.0 Å². The molecule has 2 aromatic rings. The van der Waals surface area contributed by atoms with Gasteiger partial charge in [0.2, 0.25) is 5.91 Å². The highest BCUT2D eigenvalue weighted by atomic mass is 32.1. The molecule has 0 aliphatic rings. The monoisotopic (exact) mass is 347 g/mol. The number of rotatable bonds is 6. The summed E-state index contributed by atoms with van der Waals surface area (Å²) in [5, 5.41) is 2.47. The molecule has 126 valence electrons. The van der Waals surface area contributed by atoms with E-state index in [0.29, 0.717) is 0 Å². The Bertz CT molecular complexity index is 735. The summed E-state index contributed by atoms with van der Waals surface area (Å²) in [6.45, 7) is 3.33. The molecule has 1 heterocycles. The van der Waals surface area contributed by atoms with E-state index >= 15 is 0 Å². The standard InChI is InChI=1S/C18H18FNO3S/c1-12(2)23-18(22)11-20-17(21)10-8-15-7-9-16(24-15)13-3-5-14(19)6-4-13/h3-10,12H,11H2,1-2H3,(H,20,21)/b10-8+. The van der Waals surface area contributed by atoms with Gasteiger partial charge in [-0.05, 0) is 49.8 Å². The Morgan fingerprint density at radius 1 is 1.21 bits per heavy atom. The minimum Gasteiger partial charge on any atom is -0.462 e. The maximum atomic E-state index is 12.9. The summed E-state index contributed by atoms with van der Waals surface area (Å²) in [6, 6.07) is 10.0. The van der Waals surface area contributed by atoms with Crippen molar-refractivity contribution < 1.29 is 18.7 Å². The number of halogens is 1. The molecular formula is C18H18FNO3S. The molecule has 1 amide bonds. The van der Waals surface area contributed by atoms with Gasteiger partial charge in [-0.2, -0.15) is 0 Å². The molecule has 0 unspecified atom stereocenters. The molecule has 4 nitrogen and oxygen atoms in total. The van der Waals surface area contributed by atoms with E-state index in [2.05, 4.69) is 5.32 Å². The quantitative estimate of drug-likeness (QED) is 0.641. The normalized spacial score (nSPS) is 11.0. The zero-order valence-corrected chi connectivity index (χ0v) is 14.2. The van der Waals surface area contributed by atoms with Crippen molar-refractivity contribution >= 4 is 29.3 Å². The first-order chi connectivity index (χ1) is 11.4. The summed E-state index contributed by atoms with van der Waals surface area (Å²) in [5.41, 5.74) is 0.918. The fourth-order valence-corrected chi connectivity index (χ4v) is 2.81. The number of benzene rings is 1. The van der Waals surface area contributed by atoms with E-state index in [1.807, 2.05) is 12.1 Å². The Morgan fingerprint density at radius 3 is 2.58 bits per heavy atom. The molecule has 0 spiro atoms. The Kier molecular flexibility index (Phi) is 6.26. The zero-order valence-electron chi connectivity index (χ0n) is 13.4. The van der Waals surface area contributed by atoms with Crippen LogP contribution in [0.25, 0.3) is 16.5 Å². The van der Waals surface area contributed by atoms with Crippen LogP contribution in [0.1, 0.15) is 18.7 Å². The van der Waals surface area contributed by atoms with Crippen LogP contribution < -0.4 is 5.32 Å². The van der Waals surface area contributed by atoms with Gasteiger partial charge in [0.05, 0.1) is 6.10 Å². The molecule has 6 heteroatoms. The number of carbonyl (C=O) groups is 2. The number of nitrogens with one attached hydrogen (secondary N) is 1. The molecular weight excluding hydrogens is 329 g/mol. The second kappa shape index (κ2) is 8.40. The molecule has 0 atom stereocenters. The maximum absolute atomic E-state index is 12.9. The molecule has 0 radical (unpaired) electrons. The molecule has 0 aliphatic heterocycles. The molecule has 0 bridgehead atoms. The second-order valence-electron chi connectivity index (χ2n) is 5.30. The van der Waals surface area contributed by atoms with Crippen LogP contribution in [0.2, 0.25) is 0 Å². The Hall–Kier alpha value is -2.47. The lowest BCUT2D eigenvalue weighted by Crippen LogP contribution is -2.30. The van der Waals surface area contributed by atoms with Gasteiger partial charge >= 0.3 is 5.97 Å². The van der Waals surface area contributed by atoms with Gasteiger partial charge in [-0.1, -0.05) is 12.1 Å². The van der Waals surface area contributed by atoms with Crippen LogP contribution in [0.5, 0.6) is 0 Å². The van der Waals surface area contributed by atoms with E-state index in [0.717, 1.165) is 15.3 Å². The third-order valence-corrected chi connectivity index (χ3v) is 4.03. The zero-order chi connectivity index (χ0) is 17.5. The van der Waals surface area contributed by atoms with Crippen molar-refractivity contribution in [2.24, 2.45) is 0 Å². The highest BCUT2D eigenvalue weighted by Crippen LogP contribution is 2.28. The van der Waals surface area contributed by atoms with Crippen molar-refractivity contribution in [1.29, 1.82) is 0 Å². The molecule has 1 N–H and O–H groups in total. The Balaban J connectivity index is 1.89. The van der Waals surface area contributed by atoms with Crippen LogP contribution in [-0.2, 0) is 14.3 Å². The first-order valence-electron chi connectivity index (χ1n) is 7.45. The van der Waals surface area contributed by atoms with Gasteiger partial charge in [-0.3, -0.25) is 9.59 Å². The van der Waals surface area contributed by atoms with Crippen LogP contribution >= 0.6 is 11.3 Å². The van der Waals surface area contributed by atoms with Crippen molar-refractivity contribution in [1.82, 2.24) is 5.32 Å². The third kappa shape index (κ3) is 5.62. The van der Waals surface area contributed by atoms with Crippen LogP contribution in [0, 0.1) is 5.82 Å². The number of carbonyl (C=O) groups excluding carboxylic acids is 2. The van der Waals surface area contributed by atoms with Gasteiger partial charge in [0.1, 0.15) is 12.4 Å². The lowest BCUT2D eigenvalue weighted by Gasteiger charge is -2.07. The van der Waals surface area contributed by atoms with Crippen LogP contribution in [0.3, 0.4) is 0 Å². The number of thiophene rings is 1. The Morgan fingerprint density at radius 2 is 1.92 bits per heavy atom. The van der Waals surface area contributed by atoms with Crippen LogP contribution in [-0.4, -0.2) is 24.5 Å². The summed E-state index contributed by atoms with van der Waals surface area (Å²) < 4.78 is 17.9. The number of amides is 1. The SMILES string of the molecule is CC(C)OC(=O)CNC(=O)/C=C/c1ccc(-c2ccc(F)cc2)s1. The average molecular weight is 347 g/mol. The van der Waals surface area contributed by atoms with Gasteiger partial charge in [0, 0.05) is 15.8 Å². The summed E-state index contributed by atoms with van der Waals surface area (Å²) >= 11 is 1.49. The summed E-state index contributed by atoms with van der Waals surface area (Å²) in [7, 11) is 0. The van der Waals surface area contributed by atoms with Gasteiger partial charge in [-0.25, -0.2) is 4.39 Å². The van der Waals surface area contributed by atoms with E-state index in [1.165, 1.54) is 29.5 Å². The average Bonchev–Trinajstić information content (AvgIpc) is 3.00. The molecule has 1 aromatic heterocycles. The predicted molar refractivity (Wildman–Crippen MR) is 93.0 cm³/mol. The third-order valence-electron chi connectivity index (χ3n) is 2.93. The highest BCUT2D eigenvalue weighted by molar-refractivity contribution is 7.16. The Labute approximate surface area is 144 Å². The topological polar surface area (TPSA) is 55.4 Å². The maximum Gasteiger partial charge on any atom is 0.325 e. The molecule has 24 heavy (non-hydrogen) atoms. The first kappa shape index (κ1) is 17.9. The van der Waals surface area contributed by atoms with Crippen molar-refractivity contribution in [3.8, 4) is 10.4 Å². The van der Waals surface area contributed by atoms with E-state index in [4.69, 9.17) is 4.74 Å². The smallest absolute Gasteiger partial charge is 0.325 e. The van der Waals surface area contributed by atoms with E-state index in [-0.39, 0.29) is 24.4 Å². The van der Waals surface area contributed by atoms with Crippen molar-refractivity contribution in [3.05, 3.63) is 53.2 Å². The van der Waals surface area contributed by atoms with Gasteiger partial charge in [0.25, 0.3) is 0 Å². The first-order valence-corrected chi connectivity index (χ1v) is 8.27. The molecule has 1 aromatic carbocycles. The van der Waals surface area contributed by atoms with Gasteiger partial charge in [0.15, 0.2) is 0 Å². The minimum absolute atomic E-state index is 0.160. The van der Waals surface area contributed by atoms with E-state index in [9.17, 15) is 14.0 Å². The highest BCUT2D eigenvalue weighted by Gasteiger charge is 2.06. The van der Waals surface area contributed by atoms with Crippen molar-refractivity contribution in [3.63, 3.8) is 0 Å². The van der Waals surface area contributed by atoms with E-state index in [1.54, 1.807) is 32.1 Å². The molecule has 0 fully saturated rings. The molecule has 0 saturated carbocycles. The minimum atomic E-state index is -0.471. The fraction of sp³-hybridized carbons (Fsp3) is 0.222.